The summed E-state index contributed by atoms with van der Waals surface area (Å²) in [6, 6.07) is 5.88. The molecule has 2 N–H and O–H groups in total. The number of hydrogen-bond acceptors (Lipinski definition) is 5. The third-order valence-corrected chi connectivity index (χ3v) is 4.25. The van der Waals surface area contributed by atoms with Crippen LogP contribution in [0.15, 0.2) is 29.4 Å². The van der Waals surface area contributed by atoms with E-state index in [1.165, 1.54) is 22.9 Å². The Morgan fingerprint density at radius 1 is 1.37 bits per heavy atom. The van der Waals surface area contributed by atoms with E-state index in [1.54, 1.807) is 19.1 Å². The predicted molar refractivity (Wildman–Crippen MR) is 105 cm³/mol. The van der Waals surface area contributed by atoms with Gasteiger partial charge in [0.2, 0.25) is 5.95 Å². The normalized spacial score (nSPS) is 13.3. The van der Waals surface area contributed by atoms with Crippen LogP contribution in [0, 0.1) is 5.82 Å². The van der Waals surface area contributed by atoms with E-state index in [4.69, 9.17) is 17.0 Å². The van der Waals surface area contributed by atoms with Gasteiger partial charge in [-0.15, -0.1) is 0 Å². The van der Waals surface area contributed by atoms with Crippen molar-refractivity contribution in [2.75, 3.05) is 11.9 Å². The Morgan fingerprint density at radius 3 is 2.85 bits per heavy atom. The molecule has 0 saturated heterocycles. The van der Waals surface area contributed by atoms with Crippen LogP contribution in [-0.4, -0.2) is 33.6 Å². The van der Waals surface area contributed by atoms with E-state index in [0.717, 1.165) is 42.6 Å². The summed E-state index contributed by atoms with van der Waals surface area (Å²) in [5.74, 6) is 0.00176. The van der Waals surface area contributed by atoms with Crippen LogP contribution in [0.4, 0.5) is 15.1 Å². The molecule has 7 nitrogen and oxygen atoms in total. The Balaban J connectivity index is 1.70. The smallest absolute Gasteiger partial charge is 0.421 e. The number of carbonyl (C=O) groups is 1. The Labute approximate surface area is 161 Å². The van der Waals surface area contributed by atoms with Gasteiger partial charge in [-0.1, -0.05) is 12.1 Å². The number of hydrazone groups is 1. The maximum absolute atomic E-state index is 12.9. The molecule has 0 unspecified atom stereocenters. The Kier molecular flexibility index (Phi) is 6.12. The molecular formula is C18H20FN5O2S. The first-order valence-electron chi connectivity index (χ1n) is 8.71. The molecule has 2 aromatic rings. The maximum atomic E-state index is 12.9. The van der Waals surface area contributed by atoms with Crippen LogP contribution in [0.5, 0.6) is 0 Å². The number of carbonyl (C=O) groups excluding carboxylic acids is 1. The number of anilines is 1. The third kappa shape index (κ3) is 4.68. The molecule has 9 heteroatoms. The van der Waals surface area contributed by atoms with E-state index in [-0.39, 0.29) is 17.5 Å². The van der Waals surface area contributed by atoms with Gasteiger partial charge in [-0.25, -0.2) is 18.7 Å². The van der Waals surface area contributed by atoms with Gasteiger partial charge in [-0.2, -0.15) is 5.10 Å². The molecule has 1 aromatic carbocycles. The van der Waals surface area contributed by atoms with E-state index in [9.17, 15) is 9.18 Å². The number of hydrogen-bond donors (Lipinski definition) is 2. The molecule has 1 aliphatic carbocycles. The maximum Gasteiger partial charge on any atom is 0.421 e. The molecule has 142 valence electrons. The zero-order valence-electron chi connectivity index (χ0n) is 14.9. The number of imidazole rings is 1. The topological polar surface area (TPSA) is 80.5 Å². The van der Waals surface area contributed by atoms with Crippen LogP contribution in [-0.2, 0) is 17.6 Å². The summed E-state index contributed by atoms with van der Waals surface area (Å²) in [7, 11) is 0. The summed E-state index contributed by atoms with van der Waals surface area (Å²) in [5, 5.41) is 7.09. The molecule has 0 amide bonds. The molecule has 0 bridgehead atoms. The van der Waals surface area contributed by atoms with Crippen molar-refractivity contribution in [3.63, 3.8) is 0 Å². The molecular weight excluding hydrogens is 369 g/mol. The molecule has 0 saturated carbocycles. The van der Waals surface area contributed by atoms with Crippen molar-refractivity contribution in [3.05, 3.63) is 47.0 Å². The fourth-order valence-electron chi connectivity index (χ4n) is 2.85. The highest BCUT2D eigenvalue weighted by molar-refractivity contribution is 7.80. The number of benzene rings is 1. The minimum absolute atomic E-state index is 0.182. The van der Waals surface area contributed by atoms with Gasteiger partial charge in [-0.3, -0.25) is 5.43 Å². The third-order valence-electron chi connectivity index (χ3n) is 4.06. The van der Waals surface area contributed by atoms with Gasteiger partial charge in [-0.05, 0) is 62.5 Å². The lowest BCUT2D eigenvalue weighted by Gasteiger charge is -2.14. The number of ether oxygens (including phenoxy) is 1. The number of nitrogens with one attached hydrogen (secondary N) is 2. The molecule has 27 heavy (non-hydrogen) atoms. The summed E-state index contributed by atoms with van der Waals surface area (Å²) >= 11 is 5.22. The van der Waals surface area contributed by atoms with Crippen LogP contribution in [0.25, 0.3) is 0 Å². The summed E-state index contributed by atoms with van der Waals surface area (Å²) in [4.78, 5) is 16.8. The van der Waals surface area contributed by atoms with Crippen LogP contribution >= 0.6 is 12.2 Å². The molecule has 0 atom stereocenters. The Hall–Kier alpha value is -2.81. The van der Waals surface area contributed by atoms with Crippen molar-refractivity contribution in [2.24, 2.45) is 5.10 Å². The van der Waals surface area contributed by atoms with Gasteiger partial charge < -0.3 is 10.1 Å². The number of halogens is 1. The van der Waals surface area contributed by atoms with Crippen LogP contribution < -0.4 is 10.7 Å². The highest BCUT2D eigenvalue weighted by atomic mass is 32.1. The van der Waals surface area contributed by atoms with Crippen molar-refractivity contribution in [1.29, 1.82) is 0 Å². The number of nitrogens with zero attached hydrogens (tertiary/aromatic N) is 3. The Bertz CT molecular complexity index is 863. The molecule has 1 aromatic heterocycles. The number of rotatable bonds is 4. The lowest BCUT2D eigenvalue weighted by molar-refractivity contribution is 0.153. The molecule has 3 rings (SSSR count). The number of aryl methyl sites for hydroxylation is 1. The predicted octanol–water partition coefficient (Wildman–Crippen LogP) is 3.23. The lowest BCUT2D eigenvalue weighted by Crippen LogP contribution is -2.28. The second-order valence-corrected chi connectivity index (χ2v) is 6.35. The molecule has 0 fully saturated rings. The molecule has 1 heterocycles. The van der Waals surface area contributed by atoms with Crippen LogP contribution in [0.3, 0.4) is 0 Å². The first-order valence-corrected chi connectivity index (χ1v) is 9.12. The van der Waals surface area contributed by atoms with E-state index in [0.29, 0.717) is 5.95 Å². The highest BCUT2D eigenvalue weighted by Crippen LogP contribution is 2.25. The molecule has 1 aliphatic rings. The standard InChI is InChI=1S/C18H20FN5O2S/c1-2-26-18(25)24-15-6-4-3-5-14(15)21-16(24)22-17(27)23-20-11-12-7-9-13(19)10-8-12/h7-11H,2-6H2,1H3,(H2,21,22,23,27). The van der Waals surface area contributed by atoms with E-state index in [2.05, 4.69) is 20.8 Å². The number of aromatic nitrogens is 2. The van der Waals surface area contributed by atoms with Gasteiger partial charge in [0.05, 0.1) is 24.2 Å². The quantitative estimate of drug-likeness (QED) is 0.475. The van der Waals surface area contributed by atoms with Gasteiger partial charge in [0, 0.05) is 0 Å². The summed E-state index contributed by atoms with van der Waals surface area (Å²) in [6.45, 7) is 2.03. The minimum atomic E-state index is -0.478. The molecule has 0 radical (unpaired) electrons. The van der Waals surface area contributed by atoms with E-state index >= 15 is 0 Å². The summed E-state index contributed by atoms with van der Waals surface area (Å²) < 4.78 is 19.5. The van der Waals surface area contributed by atoms with Crippen LogP contribution in [0.1, 0.15) is 36.7 Å². The second kappa shape index (κ2) is 8.72. The van der Waals surface area contributed by atoms with Gasteiger partial charge in [0.1, 0.15) is 5.82 Å². The van der Waals surface area contributed by atoms with Gasteiger partial charge >= 0.3 is 6.09 Å². The first-order chi connectivity index (χ1) is 13.1. The second-order valence-electron chi connectivity index (χ2n) is 5.95. The van der Waals surface area contributed by atoms with Crippen molar-refractivity contribution >= 4 is 35.6 Å². The summed E-state index contributed by atoms with van der Waals surface area (Å²) in [5.41, 5.74) is 5.13. The van der Waals surface area contributed by atoms with E-state index < -0.39 is 6.09 Å². The number of thiocarbonyl (C=S) groups is 1. The lowest BCUT2D eigenvalue weighted by atomic mass is 10.0. The minimum Gasteiger partial charge on any atom is -0.449 e. The average Bonchev–Trinajstić information content (AvgIpc) is 3.01. The zero-order chi connectivity index (χ0) is 19.2. The van der Waals surface area contributed by atoms with Crippen molar-refractivity contribution in [3.8, 4) is 0 Å². The van der Waals surface area contributed by atoms with Crippen molar-refractivity contribution in [2.45, 2.75) is 32.6 Å². The van der Waals surface area contributed by atoms with Crippen molar-refractivity contribution in [1.82, 2.24) is 15.0 Å². The number of fused-ring (bicyclic) bond motifs is 1. The molecule has 0 aliphatic heterocycles. The fourth-order valence-corrected chi connectivity index (χ4v) is 3.00. The summed E-state index contributed by atoms with van der Waals surface area (Å²) in [6.07, 6.45) is 4.66. The highest BCUT2D eigenvalue weighted by Gasteiger charge is 2.25. The average molecular weight is 389 g/mol. The Morgan fingerprint density at radius 2 is 2.11 bits per heavy atom. The van der Waals surface area contributed by atoms with E-state index in [1.807, 2.05) is 0 Å². The SMILES string of the molecule is CCOC(=O)n1c(NC(=S)NN=Cc2ccc(F)cc2)nc2c1CCCC2. The van der Waals surface area contributed by atoms with Gasteiger partial charge in [0.15, 0.2) is 5.11 Å². The zero-order valence-corrected chi connectivity index (χ0v) is 15.7. The van der Waals surface area contributed by atoms with Crippen molar-refractivity contribution < 1.29 is 13.9 Å². The monoisotopic (exact) mass is 389 g/mol. The fraction of sp³-hybridized carbons (Fsp3) is 0.333. The van der Waals surface area contributed by atoms with Crippen LogP contribution in [0.2, 0.25) is 0 Å². The first kappa shape index (κ1) is 19.0. The largest absolute Gasteiger partial charge is 0.449 e. The van der Waals surface area contributed by atoms with Gasteiger partial charge in [0.25, 0.3) is 0 Å². The molecule has 0 spiro atoms.